The number of sulfonamides is 1. The number of furan rings is 1. The fourth-order valence-corrected chi connectivity index (χ4v) is 4.35. The number of amides is 1. The zero-order valence-electron chi connectivity index (χ0n) is 14.7. The van der Waals surface area contributed by atoms with Gasteiger partial charge in [-0.15, -0.1) is 0 Å². The fraction of sp³-hybridized carbons (Fsp3) is 0.706. The molecule has 2 N–H and O–H groups in total. The summed E-state index contributed by atoms with van der Waals surface area (Å²) in [5, 5.41) is 2.57. The van der Waals surface area contributed by atoms with Crippen LogP contribution in [0.2, 0.25) is 0 Å². The maximum Gasteiger partial charge on any atom is 0.287 e. The molecule has 1 aliphatic carbocycles. The number of hydrogen-bond acceptors (Lipinski definition) is 4. The van der Waals surface area contributed by atoms with Crippen LogP contribution in [0.15, 0.2) is 21.6 Å². The molecule has 0 bridgehead atoms. The van der Waals surface area contributed by atoms with Gasteiger partial charge in [-0.2, -0.15) is 0 Å². The molecule has 0 atom stereocenters. The van der Waals surface area contributed by atoms with Crippen LogP contribution in [-0.2, 0) is 10.0 Å². The zero-order valence-corrected chi connectivity index (χ0v) is 15.5. The van der Waals surface area contributed by atoms with Crippen molar-refractivity contribution in [2.45, 2.75) is 69.9 Å². The summed E-state index contributed by atoms with van der Waals surface area (Å²) in [5.41, 5.74) is -0.617. The van der Waals surface area contributed by atoms with E-state index < -0.39 is 15.6 Å². The molecule has 1 saturated carbocycles. The van der Waals surface area contributed by atoms with E-state index in [2.05, 4.69) is 10.0 Å². The first-order valence-electron chi connectivity index (χ1n) is 8.59. The molecular formula is C17H28N2O4S. The lowest BCUT2D eigenvalue weighted by molar-refractivity contribution is 0.0917. The van der Waals surface area contributed by atoms with Gasteiger partial charge in [0.05, 0.1) is 0 Å². The van der Waals surface area contributed by atoms with Gasteiger partial charge in [-0.25, -0.2) is 13.1 Å². The Hall–Kier alpha value is -1.34. The van der Waals surface area contributed by atoms with Crippen LogP contribution >= 0.6 is 0 Å². The SMILES string of the molecule is CC(C)(C)NS(=O)(=O)c1ccc(C(=O)NCCC2CCCCC2)o1. The lowest BCUT2D eigenvalue weighted by atomic mass is 9.87. The molecule has 1 amide bonds. The van der Waals surface area contributed by atoms with E-state index in [1.807, 2.05) is 0 Å². The Morgan fingerprint density at radius 3 is 2.50 bits per heavy atom. The first kappa shape index (κ1) is 19.0. The maximum absolute atomic E-state index is 12.2. The van der Waals surface area contributed by atoms with E-state index in [-0.39, 0.29) is 16.8 Å². The Morgan fingerprint density at radius 1 is 1.21 bits per heavy atom. The number of nitrogens with one attached hydrogen (secondary N) is 2. The summed E-state index contributed by atoms with van der Waals surface area (Å²) in [6.45, 7) is 5.82. The van der Waals surface area contributed by atoms with Crippen molar-refractivity contribution in [1.82, 2.24) is 10.0 Å². The second kappa shape index (κ2) is 7.70. The normalized spacial score (nSPS) is 17.0. The molecule has 1 aromatic rings. The lowest BCUT2D eigenvalue weighted by Crippen LogP contribution is -2.40. The Labute approximate surface area is 144 Å². The molecule has 136 valence electrons. The molecule has 2 rings (SSSR count). The van der Waals surface area contributed by atoms with Crippen molar-refractivity contribution >= 4 is 15.9 Å². The molecule has 7 heteroatoms. The molecule has 1 aromatic heterocycles. The summed E-state index contributed by atoms with van der Waals surface area (Å²) in [6.07, 6.45) is 7.30. The zero-order chi connectivity index (χ0) is 17.8. The predicted octanol–water partition coefficient (Wildman–Crippen LogP) is 3.06. The predicted molar refractivity (Wildman–Crippen MR) is 92.3 cm³/mol. The third kappa shape index (κ3) is 5.63. The van der Waals surface area contributed by atoms with Gasteiger partial charge in [-0.05, 0) is 45.2 Å². The molecule has 0 radical (unpaired) electrons. The van der Waals surface area contributed by atoms with Crippen LogP contribution in [-0.4, -0.2) is 26.4 Å². The van der Waals surface area contributed by atoms with Crippen LogP contribution in [0.1, 0.15) is 69.9 Å². The molecular weight excluding hydrogens is 328 g/mol. The second-order valence-corrected chi connectivity index (χ2v) is 9.14. The molecule has 0 aromatic carbocycles. The molecule has 6 nitrogen and oxygen atoms in total. The monoisotopic (exact) mass is 356 g/mol. The van der Waals surface area contributed by atoms with Gasteiger partial charge in [-0.3, -0.25) is 4.79 Å². The largest absolute Gasteiger partial charge is 0.438 e. The summed E-state index contributed by atoms with van der Waals surface area (Å²) < 4.78 is 32.1. The number of rotatable bonds is 6. The minimum Gasteiger partial charge on any atom is -0.438 e. The van der Waals surface area contributed by atoms with E-state index in [0.717, 1.165) is 6.42 Å². The summed E-state index contributed by atoms with van der Waals surface area (Å²) in [7, 11) is -3.76. The molecule has 24 heavy (non-hydrogen) atoms. The van der Waals surface area contributed by atoms with Crippen molar-refractivity contribution < 1.29 is 17.6 Å². The summed E-state index contributed by atoms with van der Waals surface area (Å²) >= 11 is 0. The van der Waals surface area contributed by atoms with Crippen LogP contribution in [0.3, 0.4) is 0 Å². The van der Waals surface area contributed by atoms with E-state index in [1.54, 1.807) is 20.8 Å². The topological polar surface area (TPSA) is 88.4 Å². The average molecular weight is 356 g/mol. The summed E-state index contributed by atoms with van der Waals surface area (Å²) in [4.78, 5) is 12.1. The van der Waals surface area contributed by atoms with Crippen LogP contribution in [0.4, 0.5) is 0 Å². The molecule has 0 unspecified atom stereocenters. The van der Waals surface area contributed by atoms with Gasteiger partial charge in [0.1, 0.15) is 0 Å². The van der Waals surface area contributed by atoms with Crippen LogP contribution in [0.5, 0.6) is 0 Å². The molecule has 0 aliphatic heterocycles. The van der Waals surface area contributed by atoms with Gasteiger partial charge < -0.3 is 9.73 Å². The highest BCUT2D eigenvalue weighted by Crippen LogP contribution is 2.25. The van der Waals surface area contributed by atoms with E-state index in [9.17, 15) is 13.2 Å². The molecule has 1 aliphatic rings. The maximum atomic E-state index is 12.2. The standard InChI is InChI=1S/C17H28N2O4S/c1-17(2,3)19-24(21,22)15-10-9-14(23-15)16(20)18-12-11-13-7-5-4-6-8-13/h9-10,13,19H,4-8,11-12H2,1-3H3,(H,18,20). The third-order valence-electron chi connectivity index (χ3n) is 4.07. The van der Waals surface area contributed by atoms with Gasteiger partial charge in [0.2, 0.25) is 5.09 Å². The van der Waals surface area contributed by atoms with Gasteiger partial charge in [-0.1, -0.05) is 32.1 Å². The number of carbonyl (C=O) groups is 1. The number of carbonyl (C=O) groups excluding carboxylic acids is 1. The Morgan fingerprint density at radius 2 is 1.88 bits per heavy atom. The van der Waals surface area contributed by atoms with E-state index in [0.29, 0.717) is 12.5 Å². The molecule has 0 spiro atoms. The quantitative estimate of drug-likeness (QED) is 0.820. The van der Waals surface area contributed by atoms with E-state index >= 15 is 0 Å². The van der Waals surface area contributed by atoms with Crippen molar-refractivity contribution in [2.24, 2.45) is 5.92 Å². The Bertz CT molecular complexity index is 652. The second-order valence-electron chi connectivity index (χ2n) is 7.52. The lowest BCUT2D eigenvalue weighted by Gasteiger charge is -2.21. The van der Waals surface area contributed by atoms with Crippen LogP contribution in [0, 0.1) is 5.92 Å². The average Bonchev–Trinajstić information content (AvgIpc) is 2.96. The fourth-order valence-electron chi connectivity index (χ4n) is 2.99. The number of hydrogen-bond donors (Lipinski definition) is 2. The van der Waals surface area contributed by atoms with Gasteiger partial charge >= 0.3 is 0 Å². The molecule has 0 saturated heterocycles. The van der Waals surface area contributed by atoms with Crippen molar-refractivity contribution in [2.75, 3.05) is 6.54 Å². The minimum atomic E-state index is -3.76. The van der Waals surface area contributed by atoms with Crippen LogP contribution in [0.25, 0.3) is 0 Å². The van der Waals surface area contributed by atoms with Gasteiger partial charge in [0, 0.05) is 12.1 Å². The van der Waals surface area contributed by atoms with Crippen LogP contribution < -0.4 is 10.0 Å². The van der Waals surface area contributed by atoms with Crippen molar-refractivity contribution in [3.05, 3.63) is 17.9 Å². The Kier molecular flexibility index (Phi) is 6.09. The Balaban J connectivity index is 1.88. The third-order valence-corrected chi connectivity index (χ3v) is 5.70. The van der Waals surface area contributed by atoms with E-state index in [4.69, 9.17) is 4.42 Å². The first-order valence-corrected chi connectivity index (χ1v) is 10.1. The molecule has 1 fully saturated rings. The van der Waals surface area contributed by atoms with Gasteiger partial charge in [0.25, 0.3) is 15.9 Å². The highest BCUT2D eigenvalue weighted by atomic mass is 32.2. The van der Waals surface area contributed by atoms with Gasteiger partial charge in [0.15, 0.2) is 5.76 Å². The smallest absolute Gasteiger partial charge is 0.287 e. The van der Waals surface area contributed by atoms with Crippen molar-refractivity contribution in [3.8, 4) is 0 Å². The summed E-state index contributed by atoms with van der Waals surface area (Å²) in [5.74, 6) is 0.332. The van der Waals surface area contributed by atoms with E-state index in [1.165, 1.54) is 44.2 Å². The van der Waals surface area contributed by atoms with Crippen molar-refractivity contribution in [1.29, 1.82) is 0 Å². The molecule has 1 heterocycles. The van der Waals surface area contributed by atoms with Crippen molar-refractivity contribution in [3.63, 3.8) is 0 Å². The first-order chi connectivity index (χ1) is 11.2. The highest BCUT2D eigenvalue weighted by molar-refractivity contribution is 7.89. The minimum absolute atomic E-state index is 0.0212. The highest BCUT2D eigenvalue weighted by Gasteiger charge is 2.26. The summed E-state index contributed by atoms with van der Waals surface area (Å²) in [6, 6.07) is 2.71.